The maximum atomic E-state index is 13.5. The van der Waals surface area contributed by atoms with Gasteiger partial charge in [-0.15, -0.1) is 0 Å². The van der Waals surface area contributed by atoms with E-state index in [0.717, 1.165) is 12.1 Å². The molecule has 20 heavy (non-hydrogen) atoms. The lowest BCUT2D eigenvalue weighted by atomic mass is 10.1. The fraction of sp³-hybridized carbons (Fsp3) is 0.167. The number of carbonyl (C=O) groups excluding carboxylic acids is 1. The smallest absolute Gasteiger partial charge is 0.251 e. The standard InChI is InChI=1S/C12H13F2N5O/c1-19-3-2-8(18-19)6-16-12(20)7-4-9(13)11(17-15)10(14)5-7/h2-5,17H,6,15H2,1H3,(H,16,20). The number of aryl methyl sites for hydroxylation is 1. The molecule has 106 valence electrons. The molecular formula is C12H13F2N5O. The Morgan fingerprint density at radius 3 is 2.55 bits per heavy atom. The van der Waals surface area contributed by atoms with Crippen LogP contribution in [-0.4, -0.2) is 15.7 Å². The highest BCUT2D eigenvalue weighted by Gasteiger charge is 2.14. The van der Waals surface area contributed by atoms with E-state index in [2.05, 4.69) is 10.4 Å². The molecule has 6 nitrogen and oxygen atoms in total. The summed E-state index contributed by atoms with van der Waals surface area (Å²) in [7, 11) is 1.74. The minimum Gasteiger partial charge on any atom is -0.346 e. The molecule has 2 aromatic rings. The molecule has 4 N–H and O–H groups in total. The Bertz CT molecular complexity index is 618. The first kappa shape index (κ1) is 13.9. The summed E-state index contributed by atoms with van der Waals surface area (Å²) < 4.78 is 28.5. The SMILES string of the molecule is Cn1ccc(CNC(=O)c2cc(F)c(NN)c(F)c2)n1. The molecule has 0 aliphatic carbocycles. The van der Waals surface area contributed by atoms with Crippen LogP contribution in [0, 0.1) is 11.6 Å². The van der Waals surface area contributed by atoms with Crippen LogP contribution in [0.1, 0.15) is 16.1 Å². The predicted octanol–water partition coefficient (Wildman–Crippen LogP) is 0.914. The number of anilines is 1. The maximum absolute atomic E-state index is 13.5. The van der Waals surface area contributed by atoms with Crippen LogP contribution in [-0.2, 0) is 13.6 Å². The Labute approximate surface area is 113 Å². The number of hydrazine groups is 1. The number of aromatic nitrogens is 2. The van der Waals surface area contributed by atoms with E-state index in [0.29, 0.717) is 5.69 Å². The molecule has 0 aliphatic rings. The number of nitrogens with two attached hydrogens (primary N) is 1. The molecule has 2 rings (SSSR count). The lowest BCUT2D eigenvalue weighted by Gasteiger charge is -2.07. The molecule has 0 saturated heterocycles. The highest BCUT2D eigenvalue weighted by atomic mass is 19.1. The molecule has 0 radical (unpaired) electrons. The molecule has 1 aromatic carbocycles. The number of nitrogen functional groups attached to an aromatic ring is 1. The van der Waals surface area contributed by atoms with Crippen molar-refractivity contribution >= 4 is 11.6 Å². The lowest BCUT2D eigenvalue weighted by Crippen LogP contribution is -2.24. The predicted molar refractivity (Wildman–Crippen MR) is 68.5 cm³/mol. The van der Waals surface area contributed by atoms with Crippen LogP contribution in [0.2, 0.25) is 0 Å². The van der Waals surface area contributed by atoms with Crippen molar-refractivity contribution in [3.8, 4) is 0 Å². The van der Waals surface area contributed by atoms with Crippen molar-refractivity contribution in [1.29, 1.82) is 0 Å². The number of carbonyl (C=O) groups is 1. The van der Waals surface area contributed by atoms with Crippen molar-refractivity contribution in [2.45, 2.75) is 6.54 Å². The van der Waals surface area contributed by atoms with Gasteiger partial charge in [-0.2, -0.15) is 5.10 Å². The molecule has 1 aromatic heterocycles. The second kappa shape index (κ2) is 5.66. The molecule has 1 heterocycles. The van der Waals surface area contributed by atoms with E-state index < -0.39 is 23.2 Å². The van der Waals surface area contributed by atoms with Gasteiger partial charge in [0.2, 0.25) is 0 Å². The number of hydrogen-bond acceptors (Lipinski definition) is 4. The Balaban J connectivity index is 2.09. The van der Waals surface area contributed by atoms with Gasteiger partial charge in [0.15, 0.2) is 11.6 Å². The number of nitrogens with one attached hydrogen (secondary N) is 2. The quantitative estimate of drug-likeness (QED) is 0.574. The van der Waals surface area contributed by atoms with Gasteiger partial charge in [-0.3, -0.25) is 15.3 Å². The van der Waals surface area contributed by atoms with Crippen molar-refractivity contribution in [2.75, 3.05) is 5.43 Å². The second-order valence-electron chi connectivity index (χ2n) is 4.12. The van der Waals surface area contributed by atoms with E-state index in [1.165, 1.54) is 0 Å². The summed E-state index contributed by atoms with van der Waals surface area (Å²) >= 11 is 0. The Morgan fingerprint density at radius 2 is 2.05 bits per heavy atom. The normalized spacial score (nSPS) is 10.4. The van der Waals surface area contributed by atoms with Crippen LogP contribution < -0.4 is 16.6 Å². The molecule has 0 fully saturated rings. The minimum atomic E-state index is -0.935. The van der Waals surface area contributed by atoms with Gasteiger partial charge in [0, 0.05) is 18.8 Å². The number of rotatable bonds is 4. The fourth-order valence-corrected chi connectivity index (χ4v) is 1.67. The van der Waals surface area contributed by atoms with Gasteiger partial charge in [0.25, 0.3) is 5.91 Å². The molecule has 0 atom stereocenters. The monoisotopic (exact) mass is 281 g/mol. The van der Waals surface area contributed by atoms with Crippen LogP contribution in [0.15, 0.2) is 24.4 Å². The van der Waals surface area contributed by atoms with E-state index in [4.69, 9.17) is 5.84 Å². The molecule has 0 unspecified atom stereocenters. The zero-order valence-electron chi connectivity index (χ0n) is 10.7. The summed E-state index contributed by atoms with van der Waals surface area (Å²) in [6.45, 7) is 0.166. The van der Waals surface area contributed by atoms with Gasteiger partial charge in [0.1, 0.15) is 5.69 Å². The Hall–Kier alpha value is -2.48. The van der Waals surface area contributed by atoms with Crippen LogP contribution in [0.5, 0.6) is 0 Å². The maximum Gasteiger partial charge on any atom is 0.251 e. The van der Waals surface area contributed by atoms with Gasteiger partial charge in [-0.05, 0) is 18.2 Å². The van der Waals surface area contributed by atoms with E-state index in [-0.39, 0.29) is 12.1 Å². The first-order valence-electron chi connectivity index (χ1n) is 5.73. The van der Waals surface area contributed by atoms with Crippen molar-refractivity contribution < 1.29 is 13.6 Å². The zero-order chi connectivity index (χ0) is 14.7. The summed E-state index contributed by atoms with van der Waals surface area (Å²) in [5.41, 5.74) is 1.93. The fourth-order valence-electron chi connectivity index (χ4n) is 1.67. The number of halogens is 2. The van der Waals surface area contributed by atoms with Crippen molar-refractivity contribution in [3.63, 3.8) is 0 Å². The Morgan fingerprint density at radius 1 is 1.40 bits per heavy atom. The topological polar surface area (TPSA) is 85.0 Å². The number of amides is 1. The molecular weight excluding hydrogens is 268 g/mol. The summed E-state index contributed by atoms with van der Waals surface area (Å²) in [4.78, 5) is 11.8. The van der Waals surface area contributed by atoms with Crippen molar-refractivity contribution in [2.24, 2.45) is 12.9 Å². The summed E-state index contributed by atoms with van der Waals surface area (Å²) in [5.74, 6) is 2.50. The second-order valence-corrected chi connectivity index (χ2v) is 4.12. The van der Waals surface area contributed by atoms with Gasteiger partial charge >= 0.3 is 0 Å². The number of hydrogen-bond donors (Lipinski definition) is 3. The number of nitrogens with zero attached hydrogens (tertiary/aromatic N) is 2. The van der Waals surface area contributed by atoms with Gasteiger partial charge < -0.3 is 10.7 Å². The minimum absolute atomic E-state index is 0.130. The van der Waals surface area contributed by atoms with Crippen LogP contribution in [0.4, 0.5) is 14.5 Å². The molecule has 0 bridgehead atoms. The van der Waals surface area contributed by atoms with Crippen LogP contribution in [0.25, 0.3) is 0 Å². The zero-order valence-corrected chi connectivity index (χ0v) is 10.7. The third-order valence-corrected chi connectivity index (χ3v) is 2.65. The van der Waals surface area contributed by atoms with Crippen LogP contribution >= 0.6 is 0 Å². The number of benzene rings is 1. The van der Waals surface area contributed by atoms with E-state index in [1.807, 2.05) is 5.43 Å². The average molecular weight is 281 g/mol. The summed E-state index contributed by atoms with van der Waals surface area (Å²) in [5, 5.41) is 6.59. The lowest BCUT2D eigenvalue weighted by molar-refractivity contribution is 0.0949. The molecule has 0 saturated carbocycles. The van der Waals surface area contributed by atoms with E-state index in [1.54, 1.807) is 24.0 Å². The first-order chi connectivity index (χ1) is 9.51. The summed E-state index contributed by atoms with van der Waals surface area (Å²) in [6, 6.07) is 3.54. The van der Waals surface area contributed by atoms with Gasteiger partial charge in [0.05, 0.1) is 12.2 Å². The third-order valence-electron chi connectivity index (χ3n) is 2.65. The third kappa shape index (κ3) is 2.91. The Kier molecular flexibility index (Phi) is 3.94. The first-order valence-corrected chi connectivity index (χ1v) is 5.73. The molecule has 8 heteroatoms. The molecule has 0 aliphatic heterocycles. The van der Waals surface area contributed by atoms with E-state index >= 15 is 0 Å². The van der Waals surface area contributed by atoms with Gasteiger partial charge in [-0.25, -0.2) is 8.78 Å². The van der Waals surface area contributed by atoms with E-state index in [9.17, 15) is 13.6 Å². The summed E-state index contributed by atoms with van der Waals surface area (Å²) in [6.07, 6.45) is 1.72. The molecule has 0 spiro atoms. The highest BCUT2D eigenvalue weighted by molar-refractivity contribution is 5.94. The van der Waals surface area contributed by atoms with Gasteiger partial charge in [-0.1, -0.05) is 0 Å². The molecule has 1 amide bonds. The highest BCUT2D eigenvalue weighted by Crippen LogP contribution is 2.19. The van der Waals surface area contributed by atoms with Crippen LogP contribution in [0.3, 0.4) is 0 Å². The average Bonchev–Trinajstić information content (AvgIpc) is 2.81. The van der Waals surface area contributed by atoms with Crippen molar-refractivity contribution in [1.82, 2.24) is 15.1 Å². The van der Waals surface area contributed by atoms with Crippen molar-refractivity contribution in [3.05, 3.63) is 47.3 Å². The largest absolute Gasteiger partial charge is 0.346 e.